The van der Waals surface area contributed by atoms with E-state index in [2.05, 4.69) is 31.3 Å². The minimum absolute atomic E-state index is 0.243. The van der Waals surface area contributed by atoms with Gasteiger partial charge < -0.3 is 16.0 Å². The molecule has 1 aliphatic rings. The van der Waals surface area contributed by atoms with E-state index in [0.717, 1.165) is 49.2 Å². The SMILES string of the molecule is CCCC(=O)N1CCC(NCc2nc3c(-c4cnc5ccc(F)cc5c4)cnn3c(N)c2Br)CC1. The van der Waals surface area contributed by atoms with Crippen molar-refractivity contribution in [2.24, 2.45) is 0 Å². The second-order valence-electron chi connectivity index (χ2n) is 8.90. The van der Waals surface area contributed by atoms with E-state index in [0.29, 0.717) is 45.8 Å². The quantitative estimate of drug-likeness (QED) is 0.378. The van der Waals surface area contributed by atoms with Crippen LogP contribution in [0.4, 0.5) is 10.2 Å². The van der Waals surface area contributed by atoms with E-state index in [1.54, 1.807) is 23.0 Å². The molecule has 1 aliphatic heterocycles. The van der Waals surface area contributed by atoms with Gasteiger partial charge in [-0.1, -0.05) is 6.92 Å². The van der Waals surface area contributed by atoms with Crippen molar-refractivity contribution >= 4 is 44.2 Å². The van der Waals surface area contributed by atoms with Gasteiger partial charge >= 0.3 is 0 Å². The van der Waals surface area contributed by atoms with Gasteiger partial charge in [-0.3, -0.25) is 9.78 Å². The maximum absolute atomic E-state index is 13.7. The molecule has 0 saturated carbocycles. The Hall–Kier alpha value is -3.11. The van der Waals surface area contributed by atoms with E-state index < -0.39 is 0 Å². The molecule has 1 fully saturated rings. The zero-order valence-electron chi connectivity index (χ0n) is 19.5. The molecule has 0 spiro atoms. The highest BCUT2D eigenvalue weighted by molar-refractivity contribution is 9.10. The van der Waals surface area contributed by atoms with Crippen molar-refractivity contribution in [2.75, 3.05) is 18.8 Å². The van der Waals surface area contributed by atoms with Gasteiger partial charge in [-0.25, -0.2) is 9.37 Å². The van der Waals surface area contributed by atoms with Gasteiger partial charge in [0.2, 0.25) is 5.91 Å². The number of halogens is 2. The van der Waals surface area contributed by atoms with Gasteiger partial charge in [0.25, 0.3) is 0 Å². The number of nitrogens with zero attached hydrogens (tertiary/aromatic N) is 5. The number of aromatic nitrogens is 4. The number of hydrogen-bond donors (Lipinski definition) is 2. The fourth-order valence-corrected chi connectivity index (χ4v) is 4.96. The molecule has 10 heteroatoms. The van der Waals surface area contributed by atoms with Crippen LogP contribution >= 0.6 is 15.9 Å². The Morgan fingerprint density at radius 2 is 2.06 bits per heavy atom. The number of likely N-dealkylation sites (tertiary alicyclic amines) is 1. The minimum Gasteiger partial charge on any atom is -0.383 e. The number of piperidine rings is 1. The molecule has 3 N–H and O–H groups in total. The Balaban J connectivity index is 1.37. The fraction of sp³-hybridized carbons (Fsp3) is 0.360. The highest BCUT2D eigenvalue weighted by Crippen LogP contribution is 2.31. The molecule has 3 aromatic heterocycles. The van der Waals surface area contributed by atoms with Crippen LogP contribution in [-0.2, 0) is 11.3 Å². The van der Waals surface area contributed by atoms with Crippen molar-refractivity contribution in [3.8, 4) is 11.1 Å². The molecule has 1 saturated heterocycles. The molecule has 8 nitrogen and oxygen atoms in total. The van der Waals surface area contributed by atoms with Gasteiger partial charge in [0.1, 0.15) is 11.6 Å². The summed E-state index contributed by atoms with van der Waals surface area (Å²) in [4.78, 5) is 23.4. The second kappa shape index (κ2) is 9.87. The predicted molar refractivity (Wildman–Crippen MR) is 137 cm³/mol. The van der Waals surface area contributed by atoms with Crippen LogP contribution in [0, 0.1) is 5.82 Å². The molecule has 0 radical (unpaired) electrons. The first-order valence-electron chi connectivity index (χ1n) is 11.8. The molecule has 1 amide bonds. The van der Waals surface area contributed by atoms with Crippen LogP contribution in [0.1, 0.15) is 38.3 Å². The first-order chi connectivity index (χ1) is 16.9. The molecule has 1 aromatic carbocycles. The Morgan fingerprint density at radius 3 is 2.83 bits per heavy atom. The average Bonchev–Trinajstić information content (AvgIpc) is 3.29. The third-order valence-corrected chi connectivity index (χ3v) is 7.38. The Kier molecular flexibility index (Phi) is 6.66. The summed E-state index contributed by atoms with van der Waals surface area (Å²) in [5.41, 5.74) is 10.1. The smallest absolute Gasteiger partial charge is 0.222 e. The average molecular weight is 540 g/mol. The Morgan fingerprint density at radius 1 is 1.26 bits per heavy atom. The minimum atomic E-state index is -0.309. The number of anilines is 1. The number of carbonyl (C=O) groups is 1. The molecule has 0 aliphatic carbocycles. The van der Waals surface area contributed by atoms with Crippen LogP contribution < -0.4 is 11.1 Å². The van der Waals surface area contributed by atoms with Crippen LogP contribution in [-0.4, -0.2) is 49.5 Å². The standard InChI is InChI=1S/C25H27BrFN7O/c1-2-3-22(35)33-8-6-18(7-9-33)29-14-21-23(26)24(28)34-25(32-21)19(13-31-34)16-10-15-11-17(27)4-5-20(15)30-12-16/h4-5,10-13,18,29H,2-3,6-9,14,28H2,1H3. The van der Waals surface area contributed by atoms with Gasteiger partial charge in [0.05, 0.1) is 21.9 Å². The van der Waals surface area contributed by atoms with E-state index in [1.165, 1.54) is 12.1 Å². The fourth-order valence-electron chi connectivity index (χ4n) is 4.56. The maximum Gasteiger partial charge on any atom is 0.222 e. The molecule has 0 bridgehead atoms. The number of pyridine rings is 1. The number of benzene rings is 1. The van der Waals surface area contributed by atoms with Crippen LogP contribution in [0.3, 0.4) is 0 Å². The number of fused-ring (bicyclic) bond motifs is 2. The molecule has 35 heavy (non-hydrogen) atoms. The maximum atomic E-state index is 13.7. The zero-order chi connectivity index (χ0) is 24.5. The van der Waals surface area contributed by atoms with Crippen molar-refractivity contribution in [2.45, 2.75) is 45.2 Å². The number of hydrogen-bond acceptors (Lipinski definition) is 6. The first kappa shape index (κ1) is 23.6. The lowest BCUT2D eigenvalue weighted by Gasteiger charge is -2.32. The van der Waals surface area contributed by atoms with E-state index in [9.17, 15) is 9.18 Å². The van der Waals surface area contributed by atoms with E-state index in [-0.39, 0.29) is 11.7 Å². The Labute approximate surface area is 210 Å². The largest absolute Gasteiger partial charge is 0.383 e. The summed E-state index contributed by atoms with van der Waals surface area (Å²) in [6, 6.07) is 6.71. The summed E-state index contributed by atoms with van der Waals surface area (Å²) in [5.74, 6) is 0.391. The normalized spacial score (nSPS) is 14.8. The van der Waals surface area contributed by atoms with Crippen molar-refractivity contribution < 1.29 is 9.18 Å². The van der Waals surface area contributed by atoms with Crippen molar-refractivity contribution in [3.05, 3.63) is 52.6 Å². The van der Waals surface area contributed by atoms with Gasteiger partial charge in [-0.05, 0) is 59.5 Å². The second-order valence-corrected chi connectivity index (χ2v) is 9.69. The summed E-state index contributed by atoms with van der Waals surface area (Å²) < 4.78 is 16.0. The highest BCUT2D eigenvalue weighted by Gasteiger charge is 2.23. The molecule has 182 valence electrons. The lowest BCUT2D eigenvalue weighted by molar-refractivity contribution is -0.132. The summed E-state index contributed by atoms with van der Waals surface area (Å²) >= 11 is 3.58. The molecular weight excluding hydrogens is 513 g/mol. The topological polar surface area (TPSA) is 101 Å². The summed E-state index contributed by atoms with van der Waals surface area (Å²) in [5, 5.41) is 8.70. The van der Waals surface area contributed by atoms with Crippen molar-refractivity contribution in [1.82, 2.24) is 29.8 Å². The van der Waals surface area contributed by atoms with Gasteiger partial charge in [0, 0.05) is 54.8 Å². The van der Waals surface area contributed by atoms with Gasteiger partial charge in [-0.2, -0.15) is 9.61 Å². The monoisotopic (exact) mass is 539 g/mol. The molecule has 0 atom stereocenters. The number of carbonyl (C=O) groups excluding carboxylic acids is 1. The summed E-state index contributed by atoms with van der Waals surface area (Å²) in [7, 11) is 0. The molecular formula is C25H27BrFN7O. The lowest BCUT2D eigenvalue weighted by atomic mass is 10.0. The molecule has 0 unspecified atom stereocenters. The number of nitrogens with one attached hydrogen (secondary N) is 1. The number of nitrogens with two attached hydrogens (primary N) is 1. The highest BCUT2D eigenvalue weighted by atomic mass is 79.9. The van der Waals surface area contributed by atoms with Crippen LogP contribution in [0.25, 0.3) is 27.7 Å². The number of amides is 1. The molecule has 4 aromatic rings. The lowest BCUT2D eigenvalue weighted by Crippen LogP contribution is -2.44. The molecule has 4 heterocycles. The predicted octanol–water partition coefficient (Wildman–Crippen LogP) is 4.31. The van der Waals surface area contributed by atoms with E-state index in [4.69, 9.17) is 10.7 Å². The van der Waals surface area contributed by atoms with Crippen LogP contribution in [0.5, 0.6) is 0 Å². The number of rotatable bonds is 6. The first-order valence-corrected chi connectivity index (χ1v) is 12.6. The van der Waals surface area contributed by atoms with Crippen molar-refractivity contribution in [1.29, 1.82) is 0 Å². The van der Waals surface area contributed by atoms with Crippen LogP contribution in [0.15, 0.2) is 41.1 Å². The van der Waals surface area contributed by atoms with E-state index in [1.807, 2.05) is 17.9 Å². The third-order valence-electron chi connectivity index (χ3n) is 6.52. The van der Waals surface area contributed by atoms with Crippen LogP contribution in [0.2, 0.25) is 0 Å². The van der Waals surface area contributed by atoms with Gasteiger partial charge in [-0.15, -0.1) is 0 Å². The zero-order valence-corrected chi connectivity index (χ0v) is 21.1. The Bertz CT molecular complexity index is 1400. The third kappa shape index (κ3) is 4.72. The number of nitrogen functional groups attached to an aromatic ring is 1. The van der Waals surface area contributed by atoms with Gasteiger partial charge in [0.15, 0.2) is 5.65 Å². The molecule has 5 rings (SSSR count). The summed E-state index contributed by atoms with van der Waals surface area (Å²) in [6.45, 7) is 4.10. The summed E-state index contributed by atoms with van der Waals surface area (Å²) in [6.07, 6.45) is 6.74. The van der Waals surface area contributed by atoms with E-state index >= 15 is 0 Å². The van der Waals surface area contributed by atoms with Crippen molar-refractivity contribution in [3.63, 3.8) is 0 Å².